The number of likely N-dealkylation sites (tertiary alicyclic amines) is 1. The molecule has 1 aromatic carbocycles. The average molecular weight is 325 g/mol. The third-order valence-corrected chi connectivity index (χ3v) is 4.13. The zero-order valence-electron chi connectivity index (χ0n) is 10.9. The summed E-state index contributed by atoms with van der Waals surface area (Å²) in [7, 11) is 1.63. The molecule has 1 aliphatic heterocycles. The molecule has 1 N–H and O–H groups in total. The third-order valence-electron chi connectivity index (χ3n) is 3.43. The average Bonchev–Trinajstić information content (AvgIpc) is 2.86. The Hall–Kier alpha value is -1.20. The van der Waals surface area contributed by atoms with Gasteiger partial charge in [0.25, 0.3) is 0 Å². The molecular formula is C14H17BrN2O2. The Bertz CT molecular complexity index is 490. The molecule has 102 valence electrons. The molecule has 1 aromatic rings. The van der Waals surface area contributed by atoms with Crippen LogP contribution < -0.4 is 5.32 Å². The molecule has 1 unspecified atom stereocenters. The van der Waals surface area contributed by atoms with Crippen LogP contribution in [0.3, 0.4) is 0 Å². The van der Waals surface area contributed by atoms with Crippen LogP contribution in [-0.4, -0.2) is 42.8 Å². The van der Waals surface area contributed by atoms with E-state index in [1.54, 1.807) is 13.1 Å². The number of hydrogen-bond donors (Lipinski definition) is 1. The topological polar surface area (TPSA) is 49.4 Å². The van der Waals surface area contributed by atoms with E-state index in [4.69, 9.17) is 0 Å². The second kappa shape index (κ2) is 6.30. The number of benzene rings is 1. The van der Waals surface area contributed by atoms with E-state index in [2.05, 4.69) is 21.2 Å². The van der Waals surface area contributed by atoms with Gasteiger partial charge in [-0.15, -0.1) is 0 Å². The van der Waals surface area contributed by atoms with E-state index in [0.29, 0.717) is 12.1 Å². The highest BCUT2D eigenvalue weighted by Crippen LogP contribution is 2.20. The first-order chi connectivity index (χ1) is 9.13. The van der Waals surface area contributed by atoms with E-state index in [1.165, 1.54) is 0 Å². The van der Waals surface area contributed by atoms with E-state index < -0.39 is 0 Å². The highest BCUT2D eigenvalue weighted by atomic mass is 79.9. The number of likely N-dealkylation sites (N-methyl/N-ethyl adjacent to an activating group) is 1. The number of amides is 1. The number of nitrogens with zero attached hydrogens (tertiary/aromatic N) is 1. The van der Waals surface area contributed by atoms with Crippen molar-refractivity contribution in [1.82, 2.24) is 10.2 Å². The van der Waals surface area contributed by atoms with E-state index in [-0.39, 0.29) is 17.7 Å². The Morgan fingerprint density at radius 1 is 1.42 bits per heavy atom. The van der Waals surface area contributed by atoms with Crippen molar-refractivity contribution >= 4 is 27.6 Å². The SMILES string of the molecule is CNC(=O)C1CCCN1CC(=O)c1ccccc1Br. The van der Waals surface area contributed by atoms with Gasteiger partial charge in [0.1, 0.15) is 0 Å². The van der Waals surface area contributed by atoms with E-state index in [0.717, 1.165) is 23.9 Å². The monoisotopic (exact) mass is 324 g/mol. The highest BCUT2D eigenvalue weighted by Gasteiger charge is 2.31. The van der Waals surface area contributed by atoms with Gasteiger partial charge >= 0.3 is 0 Å². The number of carbonyl (C=O) groups excluding carboxylic acids is 2. The lowest BCUT2D eigenvalue weighted by Gasteiger charge is -2.22. The summed E-state index contributed by atoms with van der Waals surface area (Å²) in [5, 5.41) is 2.66. The van der Waals surface area contributed by atoms with Gasteiger partial charge in [-0.05, 0) is 25.5 Å². The Morgan fingerprint density at radius 3 is 2.84 bits per heavy atom. The van der Waals surface area contributed by atoms with E-state index in [1.807, 2.05) is 23.1 Å². The minimum atomic E-state index is -0.170. The van der Waals surface area contributed by atoms with Crippen molar-refractivity contribution in [3.05, 3.63) is 34.3 Å². The van der Waals surface area contributed by atoms with E-state index >= 15 is 0 Å². The summed E-state index contributed by atoms with van der Waals surface area (Å²) in [6.07, 6.45) is 1.78. The second-order valence-electron chi connectivity index (χ2n) is 4.65. The number of rotatable bonds is 4. The summed E-state index contributed by atoms with van der Waals surface area (Å²) in [6.45, 7) is 1.09. The first kappa shape index (κ1) is 14.2. The lowest BCUT2D eigenvalue weighted by Crippen LogP contribution is -2.44. The molecule has 0 bridgehead atoms. The highest BCUT2D eigenvalue weighted by molar-refractivity contribution is 9.10. The predicted octanol–water partition coefficient (Wildman–Crippen LogP) is 1.84. The van der Waals surface area contributed by atoms with Crippen LogP contribution in [0.25, 0.3) is 0 Å². The Kier molecular flexibility index (Phi) is 4.71. The van der Waals surface area contributed by atoms with Crippen molar-refractivity contribution in [3.8, 4) is 0 Å². The van der Waals surface area contributed by atoms with Gasteiger partial charge in [-0.25, -0.2) is 0 Å². The number of Topliss-reactive ketones (excluding diaryl/α,β-unsaturated/α-hetero) is 1. The predicted molar refractivity (Wildman–Crippen MR) is 77.1 cm³/mol. The molecule has 5 heteroatoms. The van der Waals surface area contributed by atoms with Gasteiger partial charge in [-0.2, -0.15) is 0 Å². The van der Waals surface area contributed by atoms with Crippen molar-refractivity contribution < 1.29 is 9.59 Å². The fourth-order valence-corrected chi connectivity index (χ4v) is 2.94. The molecule has 0 aromatic heterocycles. The van der Waals surface area contributed by atoms with Crippen molar-refractivity contribution in [2.24, 2.45) is 0 Å². The number of nitrogens with one attached hydrogen (secondary N) is 1. The van der Waals surface area contributed by atoms with Gasteiger partial charge in [-0.1, -0.05) is 34.1 Å². The first-order valence-electron chi connectivity index (χ1n) is 6.37. The summed E-state index contributed by atoms with van der Waals surface area (Å²) in [5.74, 6) is 0.0423. The van der Waals surface area contributed by atoms with Crippen LogP contribution >= 0.6 is 15.9 Å². The maximum atomic E-state index is 12.3. The lowest BCUT2D eigenvalue weighted by atomic mass is 10.1. The van der Waals surface area contributed by atoms with Crippen molar-refractivity contribution in [2.45, 2.75) is 18.9 Å². The Morgan fingerprint density at radius 2 is 2.16 bits per heavy atom. The van der Waals surface area contributed by atoms with Crippen LogP contribution in [0.4, 0.5) is 0 Å². The molecule has 0 aliphatic carbocycles. The van der Waals surface area contributed by atoms with Crippen molar-refractivity contribution in [2.75, 3.05) is 20.1 Å². The molecule has 1 aliphatic rings. The van der Waals surface area contributed by atoms with Crippen LogP contribution in [0.15, 0.2) is 28.7 Å². The molecule has 2 rings (SSSR count). The standard InChI is InChI=1S/C14H17BrN2O2/c1-16-14(19)12-7-4-8-17(12)9-13(18)10-5-2-3-6-11(10)15/h2-3,5-6,12H,4,7-9H2,1H3,(H,16,19). The minimum Gasteiger partial charge on any atom is -0.358 e. The zero-order chi connectivity index (χ0) is 13.8. The minimum absolute atomic E-state index is 0.00238. The van der Waals surface area contributed by atoms with Crippen LogP contribution in [-0.2, 0) is 4.79 Å². The molecule has 1 atom stereocenters. The quantitative estimate of drug-likeness (QED) is 0.860. The molecule has 0 spiro atoms. The van der Waals surface area contributed by atoms with Gasteiger partial charge in [-0.3, -0.25) is 14.5 Å². The van der Waals surface area contributed by atoms with Crippen molar-refractivity contribution in [1.29, 1.82) is 0 Å². The fraction of sp³-hybridized carbons (Fsp3) is 0.429. The molecule has 1 saturated heterocycles. The molecule has 1 fully saturated rings. The molecule has 1 amide bonds. The van der Waals surface area contributed by atoms with Crippen LogP contribution in [0.1, 0.15) is 23.2 Å². The molecule has 0 saturated carbocycles. The maximum absolute atomic E-state index is 12.3. The molecule has 1 heterocycles. The lowest BCUT2D eigenvalue weighted by molar-refractivity contribution is -0.124. The van der Waals surface area contributed by atoms with E-state index in [9.17, 15) is 9.59 Å². The van der Waals surface area contributed by atoms with Crippen LogP contribution in [0, 0.1) is 0 Å². The number of hydrogen-bond acceptors (Lipinski definition) is 3. The summed E-state index contributed by atoms with van der Waals surface area (Å²) >= 11 is 3.39. The van der Waals surface area contributed by atoms with Gasteiger partial charge in [0, 0.05) is 17.1 Å². The van der Waals surface area contributed by atoms with Crippen LogP contribution in [0.5, 0.6) is 0 Å². The summed E-state index contributed by atoms with van der Waals surface area (Å²) in [5.41, 5.74) is 0.671. The number of carbonyl (C=O) groups is 2. The van der Waals surface area contributed by atoms with Crippen LogP contribution in [0.2, 0.25) is 0 Å². The summed E-state index contributed by atoms with van der Waals surface area (Å²) < 4.78 is 0.802. The molecule has 19 heavy (non-hydrogen) atoms. The molecule has 4 nitrogen and oxygen atoms in total. The molecule has 0 radical (unpaired) electrons. The Balaban J connectivity index is 2.07. The third kappa shape index (κ3) is 3.22. The second-order valence-corrected chi connectivity index (χ2v) is 5.50. The smallest absolute Gasteiger partial charge is 0.237 e. The van der Waals surface area contributed by atoms with Gasteiger partial charge in [0.2, 0.25) is 5.91 Å². The molecular weight excluding hydrogens is 308 g/mol. The summed E-state index contributed by atoms with van der Waals surface area (Å²) in [6, 6.07) is 7.21. The maximum Gasteiger partial charge on any atom is 0.237 e. The summed E-state index contributed by atoms with van der Waals surface area (Å²) in [4.78, 5) is 26.0. The van der Waals surface area contributed by atoms with Gasteiger partial charge in [0.05, 0.1) is 12.6 Å². The fourth-order valence-electron chi connectivity index (χ4n) is 2.44. The number of ketones is 1. The van der Waals surface area contributed by atoms with Gasteiger partial charge in [0.15, 0.2) is 5.78 Å². The largest absolute Gasteiger partial charge is 0.358 e. The zero-order valence-corrected chi connectivity index (χ0v) is 12.4. The Labute approximate surface area is 121 Å². The first-order valence-corrected chi connectivity index (χ1v) is 7.16. The number of halogens is 1. The normalized spacial score (nSPS) is 19.4. The van der Waals surface area contributed by atoms with Crippen molar-refractivity contribution in [3.63, 3.8) is 0 Å². The van der Waals surface area contributed by atoms with Gasteiger partial charge < -0.3 is 5.32 Å².